The molecule has 1 N–H and O–H groups in total. The lowest BCUT2D eigenvalue weighted by Gasteiger charge is -2.18. The van der Waals surface area contributed by atoms with Crippen molar-refractivity contribution in [2.24, 2.45) is 0 Å². The lowest BCUT2D eigenvalue weighted by Crippen LogP contribution is -2.26. The number of benzene rings is 2. The summed E-state index contributed by atoms with van der Waals surface area (Å²) in [5.74, 6) is -1.24. The number of anilines is 1. The van der Waals surface area contributed by atoms with Crippen LogP contribution in [0.5, 0.6) is 0 Å². The van der Waals surface area contributed by atoms with Gasteiger partial charge in [-0.25, -0.2) is 4.79 Å². The van der Waals surface area contributed by atoms with Gasteiger partial charge in [0.05, 0.1) is 5.69 Å². The molecule has 0 saturated heterocycles. The third-order valence-corrected chi connectivity index (χ3v) is 4.05. The van der Waals surface area contributed by atoms with E-state index in [2.05, 4.69) is 10.5 Å². The number of nitrogens with one attached hydrogen (secondary N) is 1. The van der Waals surface area contributed by atoms with E-state index in [-0.39, 0.29) is 5.76 Å². The normalized spacial score (nSPS) is 11.7. The summed E-state index contributed by atoms with van der Waals surface area (Å²) in [4.78, 5) is 25.3. The maximum atomic E-state index is 12.9. The van der Waals surface area contributed by atoms with Crippen LogP contribution in [0.2, 0.25) is 0 Å². The second kappa shape index (κ2) is 7.86. The zero-order chi connectivity index (χ0) is 19.4. The van der Waals surface area contributed by atoms with Crippen molar-refractivity contribution in [3.63, 3.8) is 0 Å². The molecule has 1 aromatic heterocycles. The molecule has 6 heteroatoms. The number of ether oxygens (including phenoxy) is 1. The standard InChI is InChI=1S/C21H20N2O4/c1-13-9-10-14(2)17(11-13)22-20(24)19(16-7-5-4-6-8-16)26-21(25)18-12-15(3)23-27-18/h4-12,19H,1-3H3,(H,22,24)/t19-/m1/s1. The minimum absolute atomic E-state index is 0.0482. The first-order chi connectivity index (χ1) is 12.9. The molecule has 138 valence electrons. The van der Waals surface area contributed by atoms with Crippen LogP contribution in [0.1, 0.15) is 39.0 Å². The first kappa shape index (κ1) is 18.4. The molecule has 27 heavy (non-hydrogen) atoms. The molecule has 2 aromatic carbocycles. The number of carbonyl (C=O) groups is 2. The third-order valence-electron chi connectivity index (χ3n) is 4.05. The van der Waals surface area contributed by atoms with Crippen molar-refractivity contribution in [2.45, 2.75) is 26.9 Å². The summed E-state index contributed by atoms with van der Waals surface area (Å²) in [6, 6.07) is 16.1. The van der Waals surface area contributed by atoms with Gasteiger partial charge in [0.1, 0.15) is 0 Å². The first-order valence-electron chi connectivity index (χ1n) is 8.51. The van der Waals surface area contributed by atoms with E-state index in [1.165, 1.54) is 6.07 Å². The fourth-order valence-corrected chi connectivity index (χ4v) is 2.59. The highest BCUT2D eigenvalue weighted by Gasteiger charge is 2.27. The van der Waals surface area contributed by atoms with Crippen LogP contribution < -0.4 is 5.32 Å². The molecule has 0 unspecified atom stereocenters. The largest absolute Gasteiger partial charge is 0.441 e. The molecule has 0 aliphatic heterocycles. The number of carbonyl (C=O) groups excluding carboxylic acids is 2. The topological polar surface area (TPSA) is 81.4 Å². The second-order valence-corrected chi connectivity index (χ2v) is 6.34. The zero-order valence-corrected chi connectivity index (χ0v) is 15.4. The summed E-state index contributed by atoms with van der Waals surface area (Å²) in [6.07, 6.45) is -1.12. The Morgan fingerprint density at radius 1 is 1.04 bits per heavy atom. The van der Waals surface area contributed by atoms with Crippen LogP contribution in [0.4, 0.5) is 5.69 Å². The van der Waals surface area contributed by atoms with E-state index in [9.17, 15) is 9.59 Å². The van der Waals surface area contributed by atoms with Gasteiger partial charge in [-0.1, -0.05) is 47.6 Å². The average Bonchev–Trinajstić information content (AvgIpc) is 3.09. The van der Waals surface area contributed by atoms with Crippen LogP contribution >= 0.6 is 0 Å². The van der Waals surface area contributed by atoms with Crippen LogP contribution in [0.15, 0.2) is 59.1 Å². The fraction of sp³-hybridized carbons (Fsp3) is 0.190. The van der Waals surface area contributed by atoms with Gasteiger partial charge in [0.15, 0.2) is 0 Å². The molecular weight excluding hydrogens is 344 g/mol. The summed E-state index contributed by atoms with van der Waals surface area (Å²) in [5.41, 5.74) is 3.72. The maximum Gasteiger partial charge on any atom is 0.378 e. The monoisotopic (exact) mass is 364 g/mol. The quantitative estimate of drug-likeness (QED) is 0.688. The van der Waals surface area contributed by atoms with Crippen LogP contribution in [0.25, 0.3) is 0 Å². The Balaban J connectivity index is 1.86. The van der Waals surface area contributed by atoms with Crippen molar-refractivity contribution in [1.82, 2.24) is 5.16 Å². The number of aromatic nitrogens is 1. The van der Waals surface area contributed by atoms with Gasteiger partial charge in [0, 0.05) is 17.3 Å². The number of aryl methyl sites for hydroxylation is 3. The third kappa shape index (κ3) is 4.41. The van der Waals surface area contributed by atoms with Crippen molar-refractivity contribution < 1.29 is 18.8 Å². The number of hydrogen-bond donors (Lipinski definition) is 1. The highest BCUT2D eigenvalue weighted by atomic mass is 16.6. The van der Waals surface area contributed by atoms with Gasteiger partial charge >= 0.3 is 5.97 Å². The molecule has 0 fully saturated rings. The molecule has 6 nitrogen and oxygen atoms in total. The molecular formula is C21H20N2O4. The Morgan fingerprint density at radius 2 is 1.78 bits per heavy atom. The first-order valence-corrected chi connectivity index (χ1v) is 8.51. The molecule has 3 aromatic rings. The lowest BCUT2D eigenvalue weighted by atomic mass is 10.1. The Morgan fingerprint density at radius 3 is 2.44 bits per heavy atom. The smallest absolute Gasteiger partial charge is 0.378 e. The number of nitrogens with zero attached hydrogens (tertiary/aromatic N) is 1. The lowest BCUT2D eigenvalue weighted by molar-refractivity contribution is -0.125. The zero-order valence-electron chi connectivity index (χ0n) is 15.4. The number of rotatable bonds is 5. The van der Waals surface area contributed by atoms with Gasteiger partial charge in [-0.2, -0.15) is 0 Å². The number of hydrogen-bond acceptors (Lipinski definition) is 5. The Kier molecular flexibility index (Phi) is 5.35. The summed E-state index contributed by atoms with van der Waals surface area (Å²) in [6.45, 7) is 5.54. The van der Waals surface area contributed by atoms with Crippen LogP contribution in [-0.4, -0.2) is 17.0 Å². The van der Waals surface area contributed by atoms with E-state index in [4.69, 9.17) is 9.26 Å². The molecule has 0 aliphatic carbocycles. The van der Waals surface area contributed by atoms with E-state index in [1.807, 2.05) is 38.1 Å². The SMILES string of the molecule is Cc1ccc(C)c(NC(=O)[C@H](OC(=O)c2cc(C)no2)c2ccccc2)c1. The molecule has 0 saturated carbocycles. The molecule has 1 amide bonds. The minimum atomic E-state index is -1.12. The van der Waals surface area contributed by atoms with E-state index in [0.29, 0.717) is 16.9 Å². The van der Waals surface area contributed by atoms with E-state index in [1.54, 1.807) is 31.2 Å². The number of esters is 1. The van der Waals surface area contributed by atoms with Crippen molar-refractivity contribution in [3.05, 3.63) is 82.7 Å². The second-order valence-electron chi connectivity index (χ2n) is 6.34. The number of amides is 1. The van der Waals surface area contributed by atoms with Gasteiger partial charge < -0.3 is 14.6 Å². The summed E-state index contributed by atoms with van der Waals surface area (Å²) in [7, 11) is 0. The van der Waals surface area contributed by atoms with E-state index < -0.39 is 18.0 Å². The summed E-state index contributed by atoms with van der Waals surface area (Å²) >= 11 is 0. The Hall–Kier alpha value is -3.41. The van der Waals surface area contributed by atoms with Crippen molar-refractivity contribution in [2.75, 3.05) is 5.32 Å². The molecule has 1 atom stereocenters. The summed E-state index contributed by atoms with van der Waals surface area (Å²) < 4.78 is 10.4. The van der Waals surface area contributed by atoms with Gasteiger partial charge in [0.25, 0.3) is 5.91 Å². The predicted octanol–water partition coefficient (Wildman–Crippen LogP) is 4.14. The van der Waals surface area contributed by atoms with Gasteiger partial charge in [-0.3, -0.25) is 4.79 Å². The molecule has 0 aliphatic rings. The minimum Gasteiger partial charge on any atom is -0.441 e. The van der Waals surface area contributed by atoms with Crippen molar-refractivity contribution in [1.29, 1.82) is 0 Å². The average molecular weight is 364 g/mol. The Bertz CT molecular complexity index is 963. The Labute approximate surface area is 157 Å². The molecule has 0 bridgehead atoms. The molecule has 1 heterocycles. The van der Waals surface area contributed by atoms with Crippen molar-refractivity contribution in [3.8, 4) is 0 Å². The van der Waals surface area contributed by atoms with Crippen LogP contribution in [-0.2, 0) is 9.53 Å². The maximum absolute atomic E-state index is 12.9. The van der Waals surface area contributed by atoms with Crippen molar-refractivity contribution >= 4 is 17.6 Å². The van der Waals surface area contributed by atoms with E-state index in [0.717, 1.165) is 11.1 Å². The molecule has 0 radical (unpaired) electrons. The van der Waals surface area contributed by atoms with Crippen LogP contribution in [0, 0.1) is 20.8 Å². The highest BCUT2D eigenvalue weighted by molar-refractivity contribution is 5.98. The molecule has 0 spiro atoms. The predicted molar refractivity (Wildman–Crippen MR) is 100 cm³/mol. The van der Waals surface area contributed by atoms with Crippen LogP contribution in [0.3, 0.4) is 0 Å². The summed E-state index contributed by atoms with van der Waals surface area (Å²) in [5, 5.41) is 6.52. The van der Waals surface area contributed by atoms with Gasteiger partial charge in [0.2, 0.25) is 11.9 Å². The highest BCUT2D eigenvalue weighted by Crippen LogP contribution is 2.24. The van der Waals surface area contributed by atoms with Gasteiger partial charge in [-0.15, -0.1) is 0 Å². The molecule has 3 rings (SSSR count). The fourth-order valence-electron chi connectivity index (χ4n) is 2.59. The van der Waals surface area contributed by atoms with E-state index >= 15 is 0 Å². The van der Waals surface area contributed by atoms with Gasteiger partial charge in [-0.05, 0) is 38.0 Å².